The molecule has 0 unspecified atom stereocenters. The summed E-state index contributed by atoms with van der Waals surface area (Å²) in [7, 11) is 0. The Kier molecular flexibility index (Phi) is 5.91. The molecule has 182 valence electrons. The summed E-state index contributed by atoms with van der Waals surface area (Å²) in [6, 6.07) is 0. The van der Waals surface area contributed by atoms with Gasteiger partial charge in [0.05, 0.1) is 18.3 Å². The van der Waals surface area contributed by atoms with Gasteiger partial charge in [0.2, 0.25) is 0 Å². The van der Waals surface area contributed by atoms with E-state index in [0.717, 1.165) is 62.7 Å². The van der Waals surface area contributed by atoms with E-state index in [1.54, 1.807) is 0 Å². The van der Waals surface area contributed by atoms with E-state index in [1.165, 1.54) is 18.4 Å². The highest BCUT2D eigenvalue weighted by molar-refractivity contribution is 5.20. The second kappa shape index (κ2) is 8.09. The Hall–Kier alpha value is -0.380. The Morgan fingerprint density at radius 1 is 1.00 bits per heavy atom. The van der Waals surface area contributed by atoms with E-state index >= 15 is 0 Å². The Morgan fingerprint density at radius 3 is 2.41 bits per heavy atom. The zero-order chi connectivity index (χ0) is 23.0. The van der Waals surface area contributed by atoms with Gasteiger partial charge in [-0.3, -0.25) is 0 Å². The summed E-state index contributed by atoms with van der Waals surface area (Å²) >= 11 is 0. The van der Waals surface area contributed by atoms with E-state index < -0.39 is 0 Å². The summed E-state index contributed by atoms with van der Waals surface area (Å²) in [4.78, 5) is 0. The van der Waals surface area contributed by atoms with Crippen LogP contribution in [-0.2, 0) is 0 Å². The lowest BCUT2D eigenvalue weighted by Crippen LogP contribution is -2.62. The lowest BCUT2D eigenvalue weighted by molar-refractivity contribution is -0.202. The Morgan fingerprint density at radius 2 is 1.72 bits per heavy atom. The molecule has 0 aromatic rings. The van der Waals surface area contributed by atoms with Gasteiger partial charge in [-0.2, -0.15) is 0 Å². The highest BCUT2D eigenvalue weighted by Gasteiger charge is 2.65. The lowest BCUT2D eigenvalue weighted by Gasteiger charge is -2.63. The topological polar surface area (TPSA) is 60.7 Å². The van der Waals surface area contributed by atoms with Crippen LogP contribution in [0.3, 0.4) is 0 Å². The fourth-order valence-electron chi connectivity index (χ4n) is 9.74. The van der Waals surface area contributed by atoms with Crippen LogP contribution >= 0.6 is 0 Å². The highest BCUT2D eigenvalue weighted by atomic mass is 16.3. The summed E-state index contributed by atoms with van der Waals surface area (Å²) in [5.41, 5.74) is 1.53. The first-order valence-corrected chi connectivity index (χ1v) is 13.8. The van der Waals surface area contributed by atoms with Crippen LogP contribution in [0.2, 0.25) is 0 Å². The van der Waals surface area contributed by atoms with Gasteiger partial charge in [-0.05, 0) is 117 Å². The minimum atomic E-state index is -0.292. The highest BCUT2D eigenvalue weighted by Crippen LogP contribution is 2.68. The first-order chi connectivity index (χ1) is 15.1. The van der Waals surface area contributed by atoms with Crippen LogP contribution in [0.15, 0.2) is 11.6 Å². The van der Waals surface area contributed by atoms with Crippen molar-refractivity contribution in [2.45, 2.75) is 111 Å². The minimum Gasteiger partial charge on any atom is -0.393 e. The average molecular weight is 445 g/mol. The molecule has 32 heavy (non-hydrogen) atoms. The number of fused-ring (bicyclic) bond motifs is 5. The van der Waals surface area contributed by atoms with Crippen LogP contribution in [-0.4, -0.2) is 33.6 Å². The third-order valence-electron chi connectivity index (χ3n) is 12.0. The number of rotatable bonds is 4. The van der Waals surface area contributed by atoms with Crippen molar-refractivity contribution in [2.24, 2.45) is 58.2 Å². The Labute approximate surface area is 196 Å². The molecule has 0 saturated heterocycles. The van der Waals surface area contributed by atoms with Gasteiger partial charge in [-0.1, -0.05) is 39.3 Å². The molecule has 0 aromatic heterocycles. The molecule has 0 heterocycles. The number of hydrogen-bond donors (Lipinski definition) is 3. The van der Waals surface area contributed by atoms with Gasteiger partial charge in [-0.25, -0.2) is 0 Å². The summed E-state index contributed by atoms with van der Waals surface area (Å²) in [6.45, 7) is 11.9. The number of aliphatic hydroxyl groups excluding tert-OH is 3. The molecular weight excluding hydrogens is 396 g/mol. The van der Waals surface area contributed by atoms with E-state index in [-0.39, 0.29) is 29.1 Å². The quantitative estimate of drug-likeness (QED) is 0.496. The first-order valence-electron chi connectivity index (χ1n) is 13.8. The van der Waals surface area contributed by atoms with Crippen LogP contribution in [0.25, 0.3) is 0 Å². The largest absolute Gasteiger partial charge is 0.393 e. The fourth-order valence-corrected chi connectivity index (χ4v) is 9.74. The van der Waals surface area contributed by atoms with Gasteiger partial charge in [0.1, 0.15) is 0 Å². The van der Waals surface area contributed by atoms with Crippen molar-refractivity contribution in [3.05, 3.63) is 11.6 Å². The van der Waals surface area contributed by atoms with Crippen LogP contribution in [0, 0.1) is 58.2 Å². The molecule has 3 heteroatoms. The van der Waals surface area contributed by atoms with Crippen LogP contribution in [0.5, 0.6) is 0 Å². The molecule has 0 amide bonds. The molecule has 5 fully saturated rings. The van der Waals surface area contributed by atoms with Crippen molar-refractivity contribution < 1.29 is 15.3 Å². The van der Waals surface area contributed by atoms with Crippen molar-refractivity contribution in [1.29, 1.82) is 0 Å². The molecular formula is C29H48O3. The average Bonchev–Trinajstić information content (AvgIpc) is 3.36. The predicted octanol–water partition coefficient (Wildman–Crippen LogP) is 5.58. The predicted molar refractivity (Wildman–Crippen MR) is 129 cm³/mol. The minimum absolute atomic E-state index is 0.115. The molecule has 3 N–H and O–H groups in total. The zero-order valence-electron chi connectivity index (χ0n) is 21.1. The number of aliphatic hydroxyl groups is 3. The molecule has 0 spiro atoms. The number of hydrogen-bond acceptors (Lipinski definition) is 3. The Balaban J connectivity index is 1.38. The summed E-state index contributed by atoms with van der Waals surface area (Å²) in [6.07, 6.45) is 11.0. The van der Waals surface area contributed by atoms with Gasteiger partial charge in [0, 0.05) is 5.41 Å². The van der Waals surface area contributed by atoms with Gasteiger partial charge in [-0.15, -0.1) is 0 Å². The molecule has 3 nitrogen and oxygen atoms in total. The molecule has 5 aliphatic rings. The van der Waals surface area contributed by atoms with Gasteiger partial charge in [0.25, 0.3) is 0 Å². The second-order valence-corrected chi connectivity index (χ2v) is 13.5. The molecule has 0 bridgehead atoms. The Bertz CT molecular complexity index is 747. The fraction of sp³-hybridized carbons (Fsp3) is 0.931. The van der Waals surface area contributed by atoms with E-state index in [0.29, 0.717) is 29.6 Å². The third kappa shape index (κ3) is 3.47. The zero-order valence-corrected chi connectivity index (χ0v) is 21.1. The molecule has 0 aromatic carbocycles. The van der Waals surface area contributed by atoms with E-state index in [2.05, 4.69) is 40.7 Å². The summed E-state index contributed by atoms with van der Waals surface area (Å²) < 4.78 is 0. The van der Waals surface area contributed by atoms with Crippen molar-refractivity contribution in [2.75, 3.05) is 0 Å². The second-order valence-electron chi connectivity index (χ2n) is 13.5. The molecule has 13 atom stereocenters. The van der Waals surface area contributed by atoms with E-state index in [1.807, 2.05) is 0 Å². The summed E-state index contributed by atoms with van der Waals surface area (Å²) in [5, 5.41) is 33.4. The molecule has 0 radical (unpaired) electrons. The summed E-state index contributed by atoms with van der Waals surface area (Å²) in [5.74, 6) is 4.52. The lowest BCUT2D eigenvalue weighted by atomic mass is 9.43. The van der Waals surface area contributed by atoms with E-state index in [9.17, 15) is 15.3 Å². The van der Waals surface area contributed by atoms with E-state index in [4.69, 9.17) is 0 Å². The maximum absolute atomic E-state index is 11.7. The van der Waals surface area contributed by atoms with Crippen LogP contribution in [0.1, 0.15) is 92.4 Å². The monoisotopic (exact) mass is 444 g/mol. The SMILES string of the molecule is C/C(=C\C[C@@H](C)[C@@H]1C[C@H]1C)[C@H]1CC[C@H]2[C@@H]3[C@H](O)C[C@@H]4C[C@H](O)CC[C@]4(C)[C@H]3C[C@@H](O)[C@]12C. The van der Waals surface area contributed by atoms with Gasteiger partial charge < -0.3 is 15.3 Å². The van der Waals surface area contributed by atoms with Crippen molar-refractivity contribution in [3.63, 3.8) is 0 Å². The normalized spacial score (nSPS) is 56.2. The maximum atomic E-state index is 11.7. The van der Waals surface area contributed by atoms with Crippen molar-refractivity contribution >= 4 is 0 Å². The molecule has 5 rings (SSSR count). The number of allylic oxidation sites excluding steroid dienone is 2. The molecule has 0 aliphatic heterocycles. The van der Waals surface area contributed by atoms with Crippen molar-refractivity contribution in [1.82, 2.24) is 0 Å². The van der Waals surface area contributed by atoms with Crippen LogP contribution < -0.4 is 0 Å². The van der Waals surface area contributed by atoms with Gasteiger partial charge in [0.15, 0.2) is 0 Å². The maximum Gasteiger partial charge on any atom is 0.0605 e. The molecule has 5 saturated carbocycles. The van der Waals surface area contributed by atoms with Crippen LogP contribution in [0.4, 0.5) is 0 Å². The first kappa shape index (κ1) is 23.4. The standard InChI is InChI=1S/C29H48O3/c1-16(21-12-18(21)3)6-7-17(2)22-8-9-23-27-24(15-26(32)29(22,23)5)28(4)11-10-20(30)13-19(28)14-25(27)31/h7,16,18-27,30-32H,6,8-15H2,1-5H3/b17-7+/t16-,18-,19+,20-,21+,22-,23+,24+,25-,26-,27+,28+,29-/m1/s1. The van der Waals surface area contributed by atoms with Crippen molar-refractivity contribution in [3.8, 4) is 0 Å². The van der Waals surface area contributed by atoms with Gasteiger partial charge >= 0.3 is 0 Å². The third-order valence-corrected chi connectivity index (χ3v) is 12.0. The smallest absolute Gasteiger partial charge is 0.0605 e. The molecule has 5 aliphatic carbocycles.